The van der Waals surface area contributed by atoms with Gasteiger partial charge in [-0.05, 0) is 36.4 Å². The van der Waals surface area contributed by atoms with Gasteiger partial charge in [0, 0.05) is 22.7 Å². The number of carbonyl (C=O) groups excluding carboxylic acids is 1. The van der Waals surface area contributed by atoms with Crippen LogP contribution in [0.1, 0.15) is 22.5 Å². The number of carbonyl (C=O) groups is 1. The lowest BCUT2D eigenvalue weighted by Gasteiger charge is -2.13. The summed E-state index contributed by atoms with van der Waals surface area (Å²) in [7, 11) is 0. The van der Waals surface area contributed by atoms with Gasteiger partial charge >= 0.3 is 5.97 Å². The lowest BCUT2D eigenvalue weighted by atomic mass is 10.2. The second-order valence-corrected chi connectivity index (χ2v) is 7.14. The van der Waals surface area contributed by atoms with E-state index in [0.717, 1.165) is 16.5 Å². The Morgan fingerprint density at radius 1 is 1.03 bits per heavy atom. The number of para-hydroxylation sites is 1. The number of hydrogen-bond acceptors (Lipinski definition) is 6. The highest BCUT2D eigenvalue weighted by molar-refractivity contribution is 9.10. The van der Waals surface area contributed by atoms with Gasteiger partial charge in [-0.2, -0.15) is 0 Å². The molecule has 0 bridgehead atoms. The van der Waals surface area contributed by atoms with Gasteiger partial charge in [0.15, 0.2) is 22.9 Å². The number of hydrogen-bond donors (Lipinski definition) is 0. The van der Waals surface area contributed by atoms with Crippen LogP contribution in [-0.2, 0) is 11.3 Å². The minimum atomic E-state index is -0.574. The van der Waals surface area contributed by atoms with E-state index in [1.807, 2.05) is 30.3 Å². The third-order valence-corrected chi connectivity index (χ3v) is 4.95. The van der Waals surface area contributed by atoms with Crippen LogP contribution < -0.4 is 14.2 Å². The molecule has 1 aliphatic rings. The molecule has 6 nitrogen and oxygen atoms in total. The Balaban J connectivity index is 1.49. The maximum Gasteiger partial charge on any atom is 0.361 e. The molecular weight excluding hydrogens is 438 g/mol. The Labute approximate surface area is 176 Å². The second-order valence-electron chi connectivity index (χ2n) is 6.28. The Morgan fingerprint density at radius 2 is 1.79 bits per heavy atom. The molecule has 0 atom stereocenters. The lowest BCUT2D eigenvalue weighted by molar-refractivity contribution is 0.0461. The van der Waals surface area contributed by atoms with Crippen LogP contribution in [0.25, 0.3) is 0 Å². The number of nitrogens with zero attached hydrogens (tertiary/aromatic N) is 1. The van der Waals surface area contributed by atoms with Gasteiger partial charge in [0.2, 0.25) is 0 Å². The van der Waals surface area contributed by atoms with Crippen molar-refractivity contribution >= 4 is 21.9 Å². The van der Waals surface area contributed by atoms with Gasteiger partial charge in [-0.25, -0.2) is 9.78 Å². The van der Waals surface area contributed by atoms with Crippen LogP contribution in [-0.4, -0.2) is 24.2 Å². The molecule has 1 aromatic heterocycles. The number of ether oxygens (including phenoxy) is 4. The van der Waals surface area contributed by atoms with Crippen LogP contribution in [0.2, 0.25) is 0 Å². The predicted octanol–water partition coefficient (Wildman–Crippen LogP) is 5.15. The van der Waals surface area contributed by atoms with Gasteiger partial charge < -0.3 is 18.9 Å². The van der Waals surface area contributed by atoms with Gasteiger partial charge in [-0.1, -0.05) is 34.1 Å². The van der Waals surface area contributed by atoms with Crippen molar-refractivity contribution in [2.75, 3.05) is 13.2 Å². The Hall–Kier alpha value is -3.06. The van der Waals surface area contributed by atoms with Gasteiger partial charge in [0.05, 0.1) is 13.2 Å². The molecule has 4 rings (SSSR count). The lowest BCUT2D eigenvalue weighted by Crippen LogP contribution is -2.09. The van der Waals surface area contributed by atoms with Crippen molar-refractivity contribution in [3.63, 3.8) is 0 Å². The fraction of sp³-hybridized carbons (Fsp3) is 0.182. The number of benzene rings is 2. The number of fused-ring (bicyclic) bond motifs is 1. The van der Waals surface area contributed by atoms with E-state index in [2.05, 4.69) is 20.9 Å². The molecule has 0 spiro atoms. The van der Waals surface area contributed by atoms with E-state index in [0.29, 0.717) is 36.2 Å². The summed E-state index contributed by atoms with van der Waals surface area (Å²) in [6, 6.07) is 16.2. The first-order valence-electron chi connectivity index (χ1n) is 9.14. The molecule has 7 heteroatoms. The van der Waals surface area contributed by atoms with E-state index in [-0.39, 0.29) is 12.3 Å². The van der Waals surface area contributed by atoms with Crippen molar-refractivity contribution < 1.29 is 23.7 Å². The molecule has 2 aromatic carbocycles. The number of aromatic nitrogens is 1. The first-order chi connectivity index (χ1) is 14.2. The molecule has 0 N–H and O–H groups in total. The molecule has 0 aliphatic carbocycles. The average Bonchev–Trinajstić information content (AvgIpc) is 2.98. The van der Waals surface area contributed by atoms with Crippen molar-refractivity contribution in [2.45, 2.75) is 13.0 Å². The summed E-state index contributed by atoms with van der Waals surface area (Å²) in [5, 5.41) is 0. The van der Waals surface area contributed by atoms with Crippen molar-refractivity contribution in [2.24, 2.45) is 0 Å². The van der Waals surface area contributed by atoms with E-state index in [4.69, 9.17) is 18.9 Å². The van der Waals surface area contributed by atoms with E-state index >= 15 is 0 Å². The Bertz CT molecular complexity index is 1010. The summed E-state index contributed by atoms with van der Waals surface area (Å²) in [4.78, 5) is 16.8. The zero-order valence-electron chi connectivity index (χ0n) is 15.5. The number of halogens is 1. The number of pyridine rings is 1. The summed E-state index contributed by atoms with van der Waals surface area (Å²) >= 11 is 3.50. The smallest absolute Gasteiger partial charge is 0.361 e. The molecule has 1 aliphatic heterocycles. The molecule has 3 aromatic rings. The minimum absolute atomic E-state index is 0.0530. The van der Waals surface area contributed by atoms with E-state index < -0.39 is 5.97 Å². The quantitative estimate of drug-likeness (QED) is 0.495. The van der Waals surface area contributed by atoms with Crippen LogP contribution in [0.3, 0.4) is 0 Å². The highest BCUT2D eigenvalue weighted by atomic mass is 79.9. The highest BCUT2D eigenvalue weighted by Crippen LogP contribution is 2.35. The van der Waals surface area contributed by atoms with Gasteiger partial charge in [-0.3, -0.25) is 0 Å². The second kappa shape index (κ2) is 8.96. The molecule has 0 radical (unpaired) electrons. The zero-order chi connectivity index (χ0) is 20.1. The van der Waals surface area contributed by atoms with Crippen LogP contribution in [0.5, 0.6) is 23.0 Å². The third kappa shape index (κ3) is 4.68. The zero-order valence-corrected chi connectivity index (χ0v) is 17.1. The van der Waals surface area contributed by atoms with Gasteiger partial charge in [-0.15, -0.1) is 0 Å². The van der Waals surface area contributed by atoms with Crippen LogP contribution in [0.4, 0.5) is 0 Å². The third-order valence-electron chi connectivity index (χ3n) is 4.21. The first kappa shape index (κ1) is 19.3. The number of rotatable bonds is 5. The molecule has 0 unspecified atom stereocenters. The fourth-order valence-electron chi connectivity index (χ4n) is 2.79. The highest BCUT2D eigenvalue weighted by Gasteiger charge is 2.19. The monoisotopic (exact) mass is 455 g/mol. The molecule has 148 valence electrons. The van der Waals surface area contributed by atoms with Gasteiger partial charge in [0.1, 0.15) is 12.4 Å². The summed E-state index contributed by atoms with van der Waals surface area (Å²) < 4.78 is 23.4. The molecular formula is C22H18BrNO5. The van der Waals surface area contributed by atoms with Crippen LogP contribution in [0.15, 0.2) is 65.3 Å². The minimum Gasteiger partial charge on any atom is -0.490 e. The average molecular weight is 456 g/mol. The molecule has 0 amide bonds. The largest absolute Gasteiger partial charge is 0.490 e. The molecule has 0 saturated carbocycles. The summed E-state index contributed by atoms with van der Waals surface area (Å²) in [5.74, 6) is 1.69. The fourth-order valence-corrected chi connectivity index (χ4v) is 3.23. The molecule has 0 fully saturated rings. The summed E-state index contributed by atoms with van der Waals surface area (Å²) in [6.45, 7) is 1.25. The molecule has 2 heterocycles. The van der Waals surface area contributed by atoms with Crippen molar-refractivity contribution in [3.05, 3.63) is 76.5 Å². The van der Waals surface area contributed by atoms with E-state index in [9.17, 15) is 4.79 Å². The predicted molar refractivity (Wildman–Crippen MR) is 110 cm³/mol. The first-order valence-corrected chi connectivity index (χ1v) is 9.93. The summed E-state index contributed by atoms with van der Waals surface area (Å²) in [6.07, 6.45) is 2.35. The SMILES string of the molecule is O=C(OCc1cc2c(cc1Br)OCCCO2)c1ncccc1Oc1ccccc1. The normalized spacial score (nSPS) is 12.7. The van der Waals surface area contributed by atoms with Crippen molar-refractivity contribution in [3.8, 4) is 23.0 Å². The van der Waals surface area contributed by atoms with E-state index in [1.54, 1.807) is 24.3 Å². The van der Waals surface area contributed by atoms with Crippen molar-refractivity contribution in [1.29, 1.82) is 0 Å². The molecule has 0 saturated heterocycles. The van der Waals surface area contributed by atoms with Crippen LogP contribution >= 0.6 is 15.9 Å². The Kier molecular flexibility index (Phi) is 5.95. The van der Waals surface area contributed by atoms with Crippen molar-refractivity contribution in [1.82, 2.24) is 4.98 Å². The summed E-state index contributed by atoms with van der Waals surface area (Å²) in [5.41, 5.74) is 0.880. The standard InChI is InChI=1S/C22H18BrNO5/c23-17-13-20-19(26-10-5-11-27-20)12-15(17)14-28-22(25)21-18(8-4-9-24-21)29-16-6-2-1-3-7-16/h1-4,6-9,12-13H,5,10-11,14H2. The number of esters is 1. The Morgan fingerprint density at radius 3 is 2.59 bits per heavy atom. The van der Waals surface area contributed by atoms with Crippen LogP contribution in [0, 0.1) is 0 Å². The van der Waals surface area contributed by atoms with E-state index in [1.165, 1.54) is 6.20 Å². The maximum absolute atomic E-state index is 12.6. The van der Waals surface area contributed by atoms with Gasteiger partial charge in [0.25, 0.3) is 0 Å². The topological polar surface area (TPSA) is 66.9 Å². The maximum atomic E-state index is 12.6. The molecule has 29 heavy (non-hydrogen) atoms.